The van der Waals surface area contributed by atoms with E-state index in [4.69, 9.17) is 0 Å². The molecule has 1 aliphatic heterocycles. The van der Waals surface area contributed by atoms with Crippen LogP contribution in [0.15, 0.2) is 0 Å². The molecule has 0 spiro atoms. The second-order valence-electron chi connectivity index (χ2n) is 6.76. The summed E-state index contributed by atoms with van der Waals surface area (Å²) in [5.41, 5.74) is 0.322. The molecule has 3 heteroatoms. The third kappa shape index (κ3) is 5.25. The van der Waals surface area contributed by atoms with E-state index in [1.165, 1.54) is 25.8 Å². The van der Waals surface area contributed by atoms with Gasteiger partial charge in [0.25, 0.3) is 0 Å². The third-order valence-corrected chi connectivity index (χ3v) is 4.09. The van der Waals surface area contributed by atoms with Crippen LogP contribution < -0.4 is 5.32 Å². The number of hydrogen-bond acceptors (Lipinski definition) is 3. The highest BCUT2D eigenvalue weighted by Gasteiger charge is 2.25. The third-order valence-electron chi connectivity index (χ3n) is 4.09. The number of aliphatic hydroxyl groups excluding tert-OH is 1. The van der Waals surface area contributed by atoms with Gasteiger partial charge in [-0.3, -0.25) is 0 Å². The molecule has 1 rings (SSSR count). The van der Waals surface area contributed by atoms with Gasteiger partial charge >= 0.3 is 0 Å². The summed E-state index contributed by atoms with van der Waals surface area (Å²) in [5.74, 6) is 0.506. The minimum atomic E-state index is 0.322. The van der Waals surface area contributed by atoms with Crippen LogP contribution in [0.25, 0.3) is 0 Å². The van der Waals surface area contributed by atoms with Gasteiger partial charge in [0.1, 0.15) is 0 Å². The lowest BCUT2D eigenvalue weighted by Crippen LogP contribution is -2.44. The van der Waals surface area contributed by atoms with Crippen LogP contribution in [0.1, 0.15) is 47.0 Å². The monoisotopic (exact) mass is 256 g/mol. The molecule has 0 aromatic carbocycles. The summed E-state index contributed by atoms with van der Waals surface area (Å²) in [4.78, 5) is 2.53. The van der Waals surface area contributed by atoms with Crippen molar-refractivity contribution in [1.29, 1.82) is 0 Å². The maximum absolute atomic E-state index is 9.26. The summed E-state index contributed by atoms with van der Waals surface area (Å²) >= 11 is 0. The Hall–Kier alpha value is -0.120. The molecule has 2 atom stereocenters. The summed E-state index contributed by atoms with van der Waals surface area (Å²) in [5, 5.41) is 12.9. The molecule has 3 nitrogen and oxygen atoms in total. The van der Waals surface area contributed by atoms with Crippen molar-refractivity contribution in [3.05, 3.63) is 0 Å². The van der Waals surface area contributed by atoms with Crippen LogP contribution in [0.5, 0.6) is 0 Å². The molecule has 2 unspecified atom stereocenters. The normalized spacial score (nSPS) is 24.2. The van der Waals surface area contributed by atoms with Gasteiger partial charge in [0.15, 0.2) is 0 Å². The van der Waals surface area contributed by atoms with Crippen LogP contribution in [0.2, 0.25) is 0 Å². The van der Waals surface area contributed by atoms with Gasteiger partial charge in [0, 0.05) is 19.2 Å². The van der Waals surface area contributed by atoms with E-state index in [0.29, 0.717) is 24.0 Å². The zero-order valence-electron chi connectivity index (χ0n) is 12.7. The Bertz CT molecular complexity index is 225. The minimum Gasteiger partial charge on any atom is -0.396 e. The van der Waals surface area contributed by atoms with Crippen LogP contribution in [-0.4, -0.2) is 48.8 Å². The number of nitrogens with one attached hydrogen (secondary N) is 1. The van der Waals surface area contributed by atoms with E-state index >= 15 is 0 Å². The topological polar surface area (TPSA) is 35.5 Å². The highest BCUT2D eigenvalue weighted by Crippen LogP contribution is 2.23. The molecule has 1 heterocycles. The predicted octanol–water partition coefficient (Wildman–Crippen LogP) is 2.10. The average molecular weight is 256 g/mol. The number of rotatable bonds is 6. The zero-order valence-corrected chi connectivity index (χ0v) is 12.7. The second kappa shape index (κ2) is 7.46. The Kier molecular flexibility index (Phi) is 6.61. The van der Waals surface area contributed by atoms with E-state index < -0.39 is 0 Å². The Labute approximate surface area is 113 Å². The molecule has 2 N–H and O–H groups in total. The number of aliphatic hydroxyl groups is 1. The van der Waals surface area contributed by atoms with E-state index in [2.05, 4.69) is 37.9 Å². The smallest absolute Gasteiger partial charge is 0.0471 e. The predicted molar refractivity (Wildman–Crippen MR) is 77.8 cm³/mol. The molecule has 0 aliphatic carbocycles. The van der Waals surface area contributed by atoms with Gasteiger partial charge in [-0.1, -0.05) is 27.7 Å². The SMILES string of the molecule is CCNC(CCN1CCCC(CO)C1)C(C)(C)C. The van der Waals surface area contributed by atoms with Crippen molar-refractivity contribution >= 4 is 0 Å². The fraction of sp³-hybridized carbons (Fsp3) is 1.00. The fourth-order valence-corrected chi connectivity index (χ4v) is 2.90. The lowest BCUT2D eigenvalue weighted by atomic mass is 9.84. The zero-order chi connectivity index (χ0) is 13.6. The first-order valence-electron chi connectivity index (χ1n) is 7.54. The summed E-state index contributed by atoms with van der Waals surface area (Å²) in [7, 11) is 0. The van der Waals surface area contributed by atoms with E-state index in [1.807, 2.05) is 0 Å². The van der Waals surface area contributed by atoms with Crippen molar-refractivity contribution in [3.63, 3.8) is 0 Å². The number of nitrogens with zero attached hydrogens (tertiary/aromatic N) is 1. The maximum Gasteiger partial charge on any atom is 0.0471 e. The molecule has 0 saturated carbocycles. The molecule has 0 aromatic heterocycles. The van der Waals surface area contributed by atoms with Gasteiger partial charge in [0.05, 0.1) is 0 Å². The van der Waals surface area contributed by atoms with Gasteiger partial charge in [-0.2, -0.15) is 0 Å². The van der Waals surface area contributed by atoms with E-state index in [0.717, 1.165) is 19.6 Å². The standard InChI is InChI=1S/C15H32N2O/c1-5-16-14(15(2,3)4)8-10-17-9-6-7-13(11-17)12-18/h13-14,16,18H,5-12H2,1-4H3. The Morgan fingerprint density at radius 3 is 2.67 bits per heavy atom. The van der Waals surface area contributed by atoms with Crippen LogP contribution in [0.3, 0.4) is 0 Å². The molecule has 1 saturated heterocycles. The molecule has 0 amide bonds. The summed E-state index contributed by atoms with van der Waals surface area (Å²) in [6, 6.07) is 0.581. The Morgan fingerprint density at radius 2 is 2.11 bits per heavy atom. The largest absolute Gasteiger partial charge is 0.396 e. The molecular formula is C15H32N2O. The van der Waals surface area contributed by atoms with Crippen LogP contribution in [0.4, 0.5) is 0 Å². The van der Waals surface area contributed by atoms with Crippen LogP contribution >= 0.6 is 0 Å². The Morgan fingerprint density at radius 1 is 1.39 bits per heavy atom. The molecule has 0 radical (unpaired) electrons. The lowest BCUT2D eigenvalue weighted by molar-refractivity contribution is 0.111. The first-order chi connectivity index (χ1) is 8.47. The molecule has 0 aromatic rings. The lowest BCUT2D eigenvalue weighted by Gasteiger charge is -2.36. The van der Waals surface area contributed by atoms with Crippen LogP contribution in [-0.2, 0) is 0 Å². The van der Waals surface area contributed by atoms with Crippen molar-refractivity contribution in [2.24, 2.45) is 11.3 Å². The summed E-state index contributed by atoms with van der Waals surface area (Å²) in [6.45, 7) is 14.0. The van der Waals surface area contributed by atoms with Gasteiger partial charge in [-0.25, -0.2) is 0 Å². The summed E-state index contributed by atoms with van der Waals surface area (Å²) < 4.78 is 0. The Balaban J connectivity index is 2.37. The first kappa shape index (κ1) is 15.9. The fourth-order valence-electron chi connectivity index (χ4n) is 2.90. The summed E-state index contributed by atoms with van der Waals surface area (Å²) in [6.07, 6.45) is 3.64. The van der Waals surface area contributed by atoms with Gasteiger partial charge in [-0.15, -0.1) is 0 Å². The number of likely N-dealkylation sites (tertiary alicyclic amines) is 1. The van der Waals surface area contributed by atoms with Gasteiger partial charge in [0.2, 0.25) is 0 Å². The van der Waals surface area contributed by atoms with E-state index in [-0.39, 0.29) is 0 Å². The minimum absolute atomic E-state index is 0.322. The van der Waals surface area contributed by atoms with Crippen LogP contribution in [0, 0.1) is 11.3 Å². The number of piperidine rings is 1. The van der Waals surface area contributed by atoms with Crippen molar-refractivity contribution in [1.82, 2.24) is 10.2 Å². The molecule has 0 bridgehead atoms. The highest BCUT2D eigenvalue weighted by atomic mass is 16.3. The molecule has 108 valence electrons. The second-order valence-corrected chi connectivity index (χ2v) is 6.76. The van der Waals surface area contributed by atoms with Crippen molar-refractivity contribution in [2.75, 3.05) is 32.8 Å². The first-order valence-corrected chi connectivity index (χ1v) is 7.54. The number of hydrogen-bond donors (Lipinski definition) is 2. The molecular weight excluding hydrogens is 224 g/mol. The quantitative estimate of drug-likeness (QED) is 0.764. The van der Waals surface area contributed by atoms with Gasteiger partial charge in [-0.05, 0) is 50.2 Å². The highest BCUT2D eigenvalue weighted by molar-refractivity contribution is 4.82. The van der Waals surface area contributed by atoms with Crippen molar-refractivity contribution in [3.8, 4) is 0 Å². The molecule has 1 fully saturated rings. The molecule has 18 heavy (non-hydrogen) atoms. The van der Waals surface area contributed by atoms with Gasteiger partial charge < -0.3 is 15.3 Å². The average Bonchev–Trinajstić information content (AvgIpc) is 2.33. The van der Waals surface area contributed by atoms with E-state index in [1.54, 1.807) is 0 Å². The van der Waals surface area contributed by atoms with Crippen molar-refractivity contribution < 1.29 is 5.11 Å². The molecule has 1 aliphatic rings. The maximum atomic E-state index is 9.26. The van der Waals surface area contributed by atoms with E-state index in [9.17, 15) is 5.11 Å². The van der Waals surface area contributed by atoms with Crippen molar-refractivity contribution in [2.45, 2.75) is 53.0 Å².